The minimum absolute atomic E-state index is 0.0512. The lowest BCUT2D eigenvalue weighted by Crippen LogP contribution is -2.52. The summed E-state index contributed by atoms with van der Waals surface area (Å²) in [4.78, 5) is 42.4. The van der Waals surface area contributed by atoms with Gasteiger partial charge in [-0.2, -0.15) is 0 Å². The SMILES string of the molecule is O=C(Cn1cccnc1=O)N1CCC[C@]2(C1)C(=O)Nc1ccccc12. The molecular formula is C18H18N4O3. The number of amides is 2. The van der Waals surface area contributed by atoms with Crippen LogP contribution in [0.2, 0.25) is 0 Å². The molecule has 0 radical (unpaired) electrons. The molecule has 7 nitrogen and oxygen atoms in total. The van der Waals surface area contributed by atoms with Crippen molar-refractivity contribution < 1.29 is 9.59 Å². The third-order valence-electron chi connectivity index (χ3n) is 5.06. The molecule has 2 aliphatic rings. The molecule has 0 bridgehead atoms. The normalized spacial score (nSPS) is 21.9. The highest BCUT2D eigenvalue weighted by Gasteiger charge is 2.49. The van der Waals surface area contributed by atoms with E-state index >= 15 is 0 Å². The predicted octanol–water partition coefficient (Wildman–Crippen LogP) is 0.756. The minimum Gasteiger partial charge on any atom is -0.340 e. The van der Waals surface area contributed by atoms with Gasteiger partial charge in [0.2, 0.25) is 11.8 Å². The Bertz CT molecular complexity index is 907. The van der Waals surface area contributed by atoms with E-state index in [9.17, 15) is 14.4 Å². The highest BCUT2D eigenvalue weighted by Crippen LogP contribution is 2.43. The summed E-state index contributed by atoms with van der Waals surface area (Å²) >= 11 is 0. The van der Waals surface area contributed by atoms with Crippen LogP contribution in [0, 0.1) is 0 Å². The van der Waals surface area contributed by atoms with E-state index in [1.165, 1.54) is 10.8 Å². The van der Waals surface area contributed by atoms with Crippen LogP contribution in [0.3, 0.4) is 0 Å². The minimum atomic E-state index is -0.690. The molecule has 2 aromatic rings. The van der Waals surface area contributed by atoms with Gasteiger partial charge in [0, 0.05) is 31.2 Å². The fraction of sp³-hybridized carbons (Fsp3) is 0.333. The van der Waals surface area contributed by atoms with E-state index in [0.29, 0.717) is 19.5 Å². The van der Waals surface area contributed by atoms with Crippen LogP contribution in [0.4, 0.5) is 5.69 Å². The first-order chi connectivity index (χ1) is 12.1. The average Bonchev–Trinajstić information content (AvgIpc) is 2.89. The predicted molar refractivity (Wildman–Crippen MR) is 91.1 cm³/mol. The third-order valence-corrected chi connectivity index (χ3v) is 5.06. The zero-order valence-electron chi connectivity index (χ0n) is 13.6. The van der Waals surface area contributed by atoms with Crippen molar-refractivity contribution in [1.29, 1.82) is 0 Å². The van der Waals surface area contributed by atoms with Crippen molar-refractivity contribution in [2.45, 2.75) is 24.8 Å². The molecule has 7 heteroatoms. The maximum atomic E-state index is 12.7. The second kappa shape index (κ2) is 5.84. The van der Waals surface area contributed by atoms with E-state index in [2.05, 4.69) is 10.3 Å². The van der Waals surface area contributed by atoms with Gasteiger partial charge >= 0.3 is 5.69 Å². The summed E-state index contributed by atoms with van der Waals surface area (Å²) in [5, 5.41) is 2.93. The number of carbonyl (C=O) groups is 2. The number of carbonyl (C=O) groups excluding carboxylic acids is 2. The third kappa shape index (κ3) is 2.52. The Labute approximate surface area is 144 Å². The molecule has 25 heavy (non-hydrogen) atoms. The summed E-state index contributed by atoms with van der Waals surface area (Å²) in [6.45, 7) is 0.862. The van der Waals surface area contributed by atoms with Crippen molar-refractivity contribution in [1.82, 2.24) is 14.5 Å². The standard InChI is InChI=1S/C18H18N4O3/c23-15(11-21-10-4-8-19-17(21)25)22-9-3-7-18(12-22)13-5-1-2-6-14(13)20-16(18)24/h1-2,4-6,8,10H,3,7,9,11-12H2,(H,20,24)/t18-/m1/s1. The molecule has 1 aromatic carbocycles. The number of benzene rings is 1. The van der Waals surface area contributed by atoms with E-state index in [0.717, 1.165) is 17.7 Å². The molecule has 2 amide bonds. The Morgan fingerprint density at radius 1 is 1.24 bits per heavy atom. The van der Waals surface area contributed by atoms with E-state index < -0.39 is 11.1 Å². The Hall–Kier alpha value is -2.96. The van der Waals surface area contributed by atoms with Crippen LogP contribution >= 0.6 is 0 Å². The number of piperidine rings is 1. The molecule has 1 spiro atoms. The number of anilines is 1. The van der Waals surface area contributed by atoms with Gasteiger partial charge in [-0.1, -0.05) is 18.2 Å². The summed E-state index contributed by atoms with van der Waals surface area (Å²) in [6.07, 6.45) is 4.41. The van der Waals surface area contributed by atoms with Gasteiger partial charge in [-0.05, 0) is 30.5 Å². The number of para-hydroxylation sites is 1. The van der Waals surface area contributed by atoms with Crippen LogP contribution < -0.4 is 11.0 Å². The Morgan fingerprint density at radius 3 is 2.92 bits per heavy atom. The smallest absolute Gasteiger partial charge is 0.340 e. The van der Waals surface area contributed by atoms with Gasteiger partial charge in [0.05, 0.1) is 5.41 Å². The first-order valence-corrected chi connectivity index (χ1v) is 8.30. The van der Waals surface area contributed by atoms with Crippen molar-refractivity contribution in [3.8, 4) is 0 Å². The van der Waals surface area contributed by atoms with E-state index in [1.807, 2.05) is 24.3 Å². The molecule has 3 heterocycles. The highest BCUT2D eigenvalue weighted by molar-refractivity contribution is 6.06. The topological polar surface area (TPSA) is 84.3 Å². The molecule has 0 aliphatic carbocycles. The van der Waals surface area contributed by atoms with Crippen LogP contribution in [-0.2, 0) is 21.5 Å². The molecular weight excluding hydrogens is 320 g/mol. The number of nitrogens with zero attached hydrogens (tertiary/aromatic N) is 3. The second-order valence-corrected chi connectivity index (χ2v) is 6.53. The average molecular weight is 338 g/mol. The number of rotatable bonds is 2. The summed E-state index contributed by atoms with van der Waals surface area (Å²) in [5.41, 5.74) is 0.637. The molecule has 1 aromatic heterocycles. The summed E-state index contributed by atoms with van der Waals surface area (Å²) in [7, 11) is 0. The lowest BCUT2D eigenvalue weighted by atomic mass is 9.75. The second-order valence-electron chi connectivity index (χ2n) is 6.53. The number of likely N-dealkylation sites (tertiary alicyclic amines) is 1. The Balaban J connectivity index is 1.59. The van der Waals surface area contributed by atoms with Crippen LogP contribution in [0.1, 0.15) is 18.4 Å². The van der Waals surface area contributed by atoms with Gasteiger partial charge in [0.1, 0.15) is 6.54 Å². The van der Waals surface area contributed by atoms with Crippen molar-refractivity contribution in [3.05, 3.63) is 58.8 Å². The van der Waals surface area contributed by atoms with Crippen LogP contribution in [0.15, 0.2) is 47.5 Å². The fourth-order valence-corrected chi connectivity index (χ4v) is 3.80. The van der Waals surface area contributed by atoms with Crippen molar-refractivity contribution in [2.75, 3.05) is 18.4 Å². The van der Waals surface area contributed by atoms with E-state index in [-0.39, 0.29) is 18.4 Å². The quantitative estimate of drug-likeness (QED) is 0.876. The molecule has 128 valence electrons. The number of hydrogen-bond acceptors (Lipinski definition) is 4. The zero-order chi connectivity index (χ0) is 17.4. The van der Waals surface area contributed by atoms with Crippen LogP contribution in [0.25, 0.3) is 0 Å². The molecule has 0 saturated carbocycles. The molecule has 1 atom stereocenters. The van der Waals surface area contributed by atoms with Crippen molar-refractivity contribution in [3.63, 3.8) is 0 Å². The van der Waals surface area contributed by atoms with Gasteiger partial charge in [0.15, 0.2) is 0 Å². The number of hydrogen-bond donors (Lipinski definition) is 1. The lowest BCUT2D eigenvalue weighted by Gasteiger charge is -2.39. The maximum Gasteiger partial charge on any atom is 0.347 e. The van der Waals surface area contributed by atoms with Gasteiger partial charge < -0.3 is 10.2 Å². The summed E-state index contributed by atoms with van der Waals surface area (Å²) in [6, 6.07) is 9.26. The van der Waals surface area contributed by atoms with Crippen LogP contribution in [0.5, 0.6) is 0 Å². The summed E-state index contributed by atoms with van der Waals surface area (Å²) in [5.74, 6) is -0.226. The maximum absolute atomic E-state index is 12.7. The largest absolute Gasteiger partial charge is 0.347 e. The van der Waals surface area contributed by atoms with E-state index in [1.54, 1.807) is 17.2 Å². The summed E-state index contributed by atoms with van der Waals surface area (Å²) < 4.78 is 1.28. The first-order valence-electron chi connectivity index (χ1n) is 8.30. The number of aromatic nitrogens is 2. The molecule has 4 rings (SSSR count). The van der Waals surface area contributed by atoms with Gasteiger partial charge in [-0.3, -0.25) is 14.2 Å². The van der Waals surface area contributed by atoms with E-state index in [4.69, 9.17) is 0 Å². The number of fused-ring (bicyclic) bond motifs is 2. The van der Waals surface area contributed by atoms with Crippen LogP contribution in [-0.4, -0.2) is 39.4 Å². The Kier molecular flexibility index (Phi) is 3.63. The molecule has 2 aliphatic heterocycles. The monoisotopic (exact) mass is 338 g/mol. The number of nitrogens with one attached hydrogen (secondary N) is 1. The molecule has 1 N–H and O–H groups in total. The van der Waals surface area contributed by atoms with Gasteiger partial charge in [0.25, 0.3) is 0 Å². The van der Waals surface area contributed by atoms with Crippen molar-refractivity contribution in [2.24, 2.45) is 0 Å². The highest BCUT2D eigenvalue weighted by atomic mass is 16.2. The molecule has 0 unspecified atom stereocenters. The molecule has 1 fully saturated rings. The first kappa shape index (κ1) is 15.6. The van der Waals surface area contributed by atoms with Crippen molar-refractivity contribution >= 4 is 17.5 Å². The fourth-order valence-electron chi connectivity index (χ4n) is 3.80. The lowest BCUT2D eigenvalue weighted by molar-refractivity contribution is -0.136. The zero-order valence-corrected chi connectivity index (χ0v) is 13.6. The Morgan fingerprint density at radius 2 is 2.08 bits per heavy atom. The molecule has 1 saturated heterocycles. The van der Waals surface area contributed by atoms with Gasteiger partial charge in [-0.25, -0.2) is 9.78 Å². The van der Waals surface area contributed by atoms with Gasteiger partial charge in [-0.15, -0.1) is 0 Å².